The Bertz CT molecular complexity index is 248. The Morgan fingerprint density at radius 2 is 2.28 bits per heavy atom. The molecule has 2 atom stereocenters. The summed E-state index contributed by atoms with van der Waals surface area (Å²) < 4.78 is 10.7. The van der Waals surface area contributed by atoms with E-state index in [9.17, 15) is 4.79 Å². The maximum absolute atomic E-state index is 12.4. The maximum Gasteiger partial charge on any atom is 0.226 e. The van der Waals surface area contributed by atoms with Crippen LogP contribution in [0.3, 0.4) is 0 Å². The van der Waals surface area contributed by atoms with Crippen molar-refractivity contribution in [3.8, 4) is 0 Å². The molecule has 0 radical (unpaired) electrons. The van der Waals surface area contributed by atoms with Crippen LogP contribution in [0.25, 0.3) is 0 Å². The lowest BCUT2D eigenvalue weighted by atomic mass is 9.88. The summed E-state index contributed by atoms with van der Waals surface area (Å²) in [5.74, 6) is 0.656. The first kappa shape index (κ1) is 15.4. The summed E-state index contributed by atoms with van der Waals surface area (Å²) in [7, 11) is 0. The first-order valence-electron chi connectivity index (χ1n) is 6.85. The van der Waals surface area contributed by atoms with Gasteiger partial charge in [0.15, 0.2) is 0 Å². The summed E-state index contributed by atoms with van der Waals surface area (Å²) in [4.78, 5) is 14.3. The van der Waals surface area contributed by atoms with Crippen molar-refractivity contribution < 1.29 is 14.3 Å². The van der Waals surface area contributed by atoms with E-state index in [1.165, 1.54) is 0 Å². The van der Waals surface area contributed by atoms with Crippen LogP contribution >= 0.6 is 0 Å². The molecule has 5 heteroatoms. The third-order valence-corrected chi connectivity index (χ3v) is 3.42. The van der Waals surface area contributed by atoms with Gasteiger partial charge in [-0.05, 0) is 19.3 Å². The van der Waals surface area contributed by atoms with E-state index in [-0.39, 0.29) is 11.8 Å². The number of hydrogen-bond donors (Lipinski definition) is 1. The molecule has 1 heterocycles. The summed E-state index contributed by atoms with van der Waals surface area (Å²) in [5, 5.41) is 0. The van der Waals surface area contributed by atoms with Crippen molar-refractivity contribution in [2.75, 3.05) is 46.1 Å². The van der Waals surface area contributed by atoms with E-state index in [1.54, 1.807) is 0 Å². The third kappa shape index (κ3) is 4.55. The Hall–Kier alpha value is -0.650. The van der Waals surface area contributed by atoms with Gasteiger partial charge in [-0.1, -0.05) is 6.92 Å². The minimum atomic E-state index is 0.105. The van der Waals surface area contributed by atoms with Gasteiger partial charge in [-0.25, -0.2) is 0 Å². The number of nitrogens with two attached hydrogens (primary N) is 1. The standard InChI is InChI=1S/C13H26N2O3/c1-3-15(6-9-17-8-5-14)13(16)12-4-7-18-10-11(12)2/h11-12H,3-10,14H2,1-2H3. The first-order chi connectivity index (χ1) is 8.70. The molecule has 0 aliphatic carbocycles. The zero-order chi connectivity index (χ0) is 13.4. The molecular weight excluding hydrogens is 232 g/mol. The summed E-state index contributed by atoms with van der Waals surface area (Å²) in [6.45, 7) is 8.50. The van der Waals surface area contributed by atoms with Crippen molar-refractivity contribution in [1.82, 2.24) is 4.90 Å². The van der Waals surface area contributed by atoms with Crippen LogP contribution in [0.1, 0.15) is 20.3 Å². The van der Waals surface area contributed by atoms with Crippen LogP contribution in [0.4, 0.5) is 0 Å². The number of carbonyl (C=O) groups excluding carboxylic acids is 1. The fourth-order valence-corrected chi connectivity index (χ4v) is 2.27. The monoisotopic (exact) mass is 258 g/mol. The Balaban J connectivity index is 2.40. The van der Waals surface area contributed by atoms with Gasteiger partial charge in [0.25, 0.3) is 0 Å². The second-order valence-electron chi connectivity index (χ2n) is 4.77. The van der Waals surface area contributed by atoms with Crippen LogP contribution in [0.2, 0.25) is 0 Å². The van der Waals surface area contributed by atoms with Crippen LogP contribution in [0.15, 0.2) is 0 Å². The highest BCUT2D eigenvalue weighted by molar-refractivity contribution is 5.79. The highest BCUT2D eigenvalue weighted by atomic mass is 16.5. The minimum Gasteiger partial charge on any atom is -0.381 e. The molecule has 2 unspecified atom stereocenters. The topological polar surface area (TPSA) is 64.8 Å². The molecule has 1 aliphatic rings. The SMILES string of the molecule is CCN(CCOCCN)C(=O)C1CCOCC1C. The normalized spacial score (nSPS) is 23.9. The smallest absolute Gasteiger partial charge is 0.226 e. The number of hydrogen-bond acceptors (Lipinski definition) is 4. The van der Waals surface area contributed by atoms with Gasteiger partial charge in [0.05, 0.1) is 13.2 Å². The van der Waals surface area contributed by atoms with E-state index in [0.29, 0.717) is 45.4 Å². The van der Waals surface area contributed by atoms with E-state index in [4.69, 9.17) is 15.2 Å². The quantitative estimate of drug-likeness (QED) is 0.675. The number of likely N-dealkylation sites (N-methyl/N-ethyl adjacent to an activating group) is 1. The number of ether oxygens (including phenoxy) is 2. The van der Waals surface area contributed by atoms with Crippen molar-refractivity contribution >= 4 is 5.91 Å². The predicted octanol–water partition coefficient (Wildman–Crippen LogP) is 0.483. The summed E-state index contributed by atoms with van der Waals surface area (Å²) in [5.41, 5.74) is 5.35. The molecular formula is C13H26N2O3. The van der Waals surface area contributed by atoms with Gasteiger partial charge in [-0.3, -0.25) is 4.79 Å². The molecule has 1 rings (SSSR count). The van der Waals surface area contributed by atoms with Crippen molar-refractivity contribution in [2.45, 2.75) is 20.3 Å². The highest BCUT2D eigenvalue weighted by Crippen LogP contribution is 2.23. The minimum absolute atomic E-state index is 0.105. The van der Waals surface area contributed by atoms with Gasteiger partial charge in [-0.15, -0.1) is 0 Å². The zero-order valence-electron chi connectivity index (χ0n) is 11.6. The lowest BCUT2D eigenvalue weighted by Crippen LogP contribution is -2.43. The summed E-state index contributed by atoms with van der Waals surface area (Å²) >= 11 is 0. The highest BCUT2D eigenvalue weighted by Gasteiger charge is 2.30. The average molecular weight is 258 g/mol. The number of amides is 1. The molecule has 1 aliphatic heterocycles. The lowest BCUT2D eigenvalue weighted by Gasteiger charge is -2.32. The number of nitrogens with zero attached hydrogens (tertiary/aromatic N) is 1. The Kier molecular flexibility index (Phi) is 7.23. The van der Waals surface area contributed by atoms with E-state index >= 15 is 0 Å². The van der Waals surface area contributed by atoms with Gasteiger partial charge in [0.2, 0.25) is 5.91 Å². The maximum atomic E-state index is 12.4. The van der Waals surface area contributed by atoms with Gasteiger partial charge >= 0.3 is 0 Å². The predicted molar refractivity (Wildman–Crippen MR) is 70.2 cm³/mol. The molecule has 1 fully saturated rings. The fraction of sp³-hybridized carbons (Fsp3) is 0.923. The molecule has 5 nitrogen and oxygen atoms in total. The van der Waals surface area contributed by atoms with Gasteiger partial charge in [-0.2, -0.15) is 0 Å². The van der Waals surface area contributed by atoms with Crippen molar-refractivity contribution in [3.63, 3.8) is 0 Å². The molecule has 1 amide bonds. The van der Waals surface area contributed by atoms with E-state index in [2.05, 4.69) is 6.92 Å². The fourth-order valence-electron chi connectivity index (χ4n) is 2.27. The van der Waals surface area contributed by atoms with Crippen LogP contribution < -0.4 is 5.73 Å². The molecule has 0 spiro atoms. The Morgan fingerprint density at radius 3 is 2.89 bits per heavy atom. The van der Waals surface area contributed by atoms with Crippen molar-refractivity contribution in [1.29, 1.82) is 0 Å². The Morgan fingerprint density at radius 1 is 1.50 bits per heavy atom. The van der Waals surface area contributed by atoms with Crippen molar-refractivity contribution in [2.24, 2.45) is 17.6 Å². The molecule has 18 heavy (non-hydrogen) atoms. The summed E-state index contributed by atoms with van der Waals surface area (Å²) in [6, 6.07) is 0. The second kappa shape index (κ2) is 8.45. The molecule has 0 bridgehead atoms. The molecule has 0 aromatic carbocycles. The van der Waals surface area contributed by atoms with Gasteiger partial charge in [0.1, 0.15) is 0 Å². The van der Waals surface area contributed by atoms with Crippen molar-refractivity contribution in [3.05, 3.63) is 0 Å². The van der Waals surface area contributed by atoms with E-state index in [0.717, 1.165) is 13.0 Å². The molecule has 0 aromatic heterocycles. The molecule has 1 saturated heterocycles. The molecule has 106 valence electrons. The van der Waals surface area contributed by atoms with Crippen LogP contribution in [-0.2, 0) is 14.3 Å². The number of rotatable bonds is 7. The van der Waals surface area contributed by atoms with Gasteiger partial charge < -0.3 is 20.1 Å². The van der Waals surface area contributed by atoms with Gasteiger partial charge in [0, 0.05) is 38.8 Å². The summed E-state index contributed by atoms with van der Waals surface area (Å²) in [6.07, 6.45) is 0.833. The number of carbonyl (C=O) groups is 1. The Labute approximate surface area is 110 Å². The molecule has 0 saturated carbocycles. The largest absolute Gasteiger partial charge is 0.381 e. The zero-order valence-corrected chi connectivity index (χ0v) is 11.6. The second-order valence-corrected chi connectivity index (χ2v) is 4.77. The average Bonchev–Trinajstić information content (AvgIpc) is 2.39. The van der Waals surface area contributed by atoms with Crippen LogP contribution in [0.5, 0.6) is 0 Å². The van der Waals surface area contributed by atoms with E-state index in [1.807, 2.05) is 11.8 Å². The van der Waals surface area contributed by atoms with Crippen LogP contribution in [-0.4, -0.2) is 56.9 Å². The van der Waals surface area contributed by atoms with E-state index < -0.39 is 0 Å². The molecule has 0 aromatic rings. The first-order valence-corrected chi connectivity index (χ1v) is 6.85. The lowest BCUT2D eigenvalue weighted by molar-refractivity contribution is -0.141. The third-order valence-electron chi connectivity index (χ3n) is 3.42. The molecule has 2 N–H and O–H groups in total. The van der Waals surface area contributed by atoms with Crippen LogP contribution in [0, 0.1) is 11.8 Å².